The van der Waals surface area contributed by atoms with Crippen LogP contribution in [-0.4, -0.2) is 44.6 Å². The predicted octanol–water partition coefficient (Wildman–Crippen LogP) is 3.11. The summed E-state index contributed by atoms with van der Waals surface area (Å²) in [4.78, 5) is 29.0. The molecule has 1 amide bonds. The van der Waals surface area contributed by atoms with Crippen LogP contribution in [0.2, 0.25) is 0 Å². The number of amides is 1. The van der Waals surface area contributed by atoms with Crippen LogP contribution in [0.1, 0.15) is 51.5 Å². The van der Waals surface area contributed by atoms with Gasteiger partial charge in [-0.1, -0.05) is 43.3 Å². The summed E-state index contributed by atoms with van der Waals surface area (Å²) >= 11 is 0. The second-order valence-electron chi connectivity index (χ2n) is 7.11. The Hall–Kier alpha value is -2.70. The molecule has 0 radical (unpaired) electrons. The summed E-state index contributed by atoms with van der Waals surface area (Å²) in [6.45, 7) is 7.22. The average Bonchev–Trinajstić information content (AvgIpc) is 3.07. The zero-order chi connectivity index (χ0) is 19.5. The summed E-state index contributed by atoms with van der Waals surface area (Å²) in [7, 11) is 1.48. The van der Waals surface area contributed by atoms with Gasteiger partial charge in [-0.2, -0.15) is 4.98 Å². The van der Waals surface area contributed by atoms with E-state index in [1.807, 2.05) is 24.3 Å². The van der Waals surface area contributed by atoms with Crippen molar-refractivity contribution in [3.8, 4) is 11.4 Å². The Morgan fingerprint density at radius 1 is 1.23 bits per heavy atom. The van der Waals surface area contributed by atoms with Crippen molar-refractivity contribution in [3.63, 3.8) is 0 Å². The van der Waals surface area contributed by atoms with Crippen molar-refractivity contribution in [2.75, 3.05) is 7.05 Å². The predicted molar refractivity (Wildman–Crippen MR) is 96.6 cm³/mol. The van der Waals surface area contributed by atoms with Gasteiger partial charge in [0.25, 0.3) is 0 Å². The van der Waals surface area contributed by atoms with E-state index >= 15 is 0 Å². The molecule has 1 aromatic carbocycles. The molecule has 0 bridgehead atoms. The molecule has 1 heterocycles. The topological polar surface area (TPSA) is 96.5 Å². The van der Waals surface area contributed by atoms with Crippen LogP contribution in [0.3, 0.4) is 0 Å². The molecule has 7 heteroatoms. The van der Waals surface area contributed by atoms with E-state index in [2.05, 4.69) is 24.0 Å². The lowest BCUT2D eigenvalue weighted by molar-refractivity contribution is -0.155. The van der Waals surface area contributed by atoms with Gasteiger partial charge >= 0.3 is 5.97 Å². The maximum atomic E-state index is 12.2. The minimum atomic E-state index is -1.27. The number of nitrogens with zero attached hydrogens (tertiary/aromatic N) is 3. The molecular weight excluding hydrogens is 334 g/mol. The molecule has 0 atom stereocenters. The van der Waals surface area contributed by atoms with Crippen molar-refractivity contribution in [2.24, 2.45) is 0 Å². The molecule has 0 aliphatic rings. The van der Waals surface area contributed by atoms with Crippen LogP contribution < -0.4 is 0 Å². The maximum Gasteiger partial charge on any atom is 0.329 e. The van der Waals surface area contributed by atoms with Crippen molar-refractivity contribution < 1.29 is 19.2 Å². The van der Waals surface area contributed by atoms with E-state index in [9.17, 15) is 14.7 Å². The SMILES string of the molecule is CC(C)c1ccc(-c2noc(CCC(=O)N(C)C(C)(C)C(=O)O)n2)cc1. The molecule has 0 unspecified atom stereocenters. The van der Waals surface area contributed by atoms with Crippen LogP contribution in [-0.2, 0) is 16.0 Å². The fraction of sp³-hybridized carbons (Fsp3) is 0.474. The smallest absolute Gasteiger partial charge is 0.329 e. The number of hydrogen-bond acceptors (Lipinski definition) is 5. The van der Waals surface area contributed by atoms with Crippen LogP contribution in [0.15, 0.2) is 28.8 Å². The number of aromatic nitrogens is 2. The molecule has 0 aliphatic carbocycles. The lowest BCUT2D eigenvalue weighted by Gasteiger charge is -2.31. The zero-order valence-corrected chi connectivity index (χ0v) is 15.8. The molecule has 0 fully saturated rings. The molecule has 1 aromatic heterocycles. The molecule has 0 aliphatic heterocycles. The number of carboxylic acid groups (broad SMARTS) is 1. The van der Waals surface area contributed by atoms with Gasteiger partial charge in [-0.25, -0.2) is 4.79 Å². The number of aliphatic carboxylic acids is 1. The van der Waals surface area contributed by atoms with Crippen molar-refractivity contribution in [1.82, 2.24) is 15.0 Å². The second kappa shape index (κ2) is 7.68. The van der Waals surface area contributed by atoms with Gasteiger partial charge in [0, 0.05) is 25.5 Å². The van der Waals surface area contributed by atoms with Gasteiger partial charge in [0.05, 0.1) is 0 Å². The van der Waals surface area contributed by atoms with Crippen LogP contribution >= 0.6 is 0 Å². The molecule has 2 aromatic rings. The van der Waals surface area contributed by atoms with E-state index < -0.39 is 11.5 Å². The van der Waals surface area contributed by atoms with Gasteiger partial charge in [-0.15, -0.1) is 0 Å². The van der Waals surface area contributed by atoms with E-state index in [4.69, 9.17) is 4.52 Å². The van der Waals surface area contributed by atoms with Crippen molar-refractivity contribution in [2.45, 2.75) is 52.0 Å². The summed E-state index contributed by atoms with van der Waals surface area (Å²) in [5, 5.41) is 13.1. The monoisotopic (exact) mass is 359 g/mol. The second-order valence-corrected chi connectivity index (χ2v) is 7.11. The number of carbonyl (C=O) groups is 2. The number of carboxylic acids is 1. The van der Waals surface area contributed by atoms with E-state index in [0.29, 0.717) is 17.6 Å². The van der Waals surface area contributed by atoms with Gasteiger partial charge in [0.15, 0.2) is 0 Å². The number of benzene rings is 1. The van der Waals surface area contributed by atoms with Crippen LogP contribution in [0.5, 0.6) is 0 Å². The van der Waals surface area contributed by atoms with Gasteiger partial charge in [-0.05, 0) is 25.3 Å². The molecule has 1 N–H and O–H groups in total. The lowest BCUT2D eigenvalue weighted by Crippen LogP contribution is -2.50. The highest BCUT2D eigenvalue weighted by atomic mass is 16.5. The minimum absolute atomic E-state index is 0.0983. The average molecular weight is 359 g/mol. The van der Waals surface area contributed by atoms with Crippen LogP contribution in [0.25, 0.3) is 11.4 Å². The standard InChI is InChI=1S/C19H25N3O4/c1-12(2)13-6-8-14(9-7-13)17-20-15(26-21-17)10-11-16(23)22(5)19(3,4)18(24)25/h6-9,12H,10-11H2,1-5H3,(H,24,25). The van der Waals surface area contributed by atoms with Gasteiger partial charge in [-0.3, -0.25) is 4.79 Å². The first-order chi connectivity index (χ1) is 12.1. The number of carbonyl (C=O) groups excluding carboxylic acids is 1. The third kappa shape index (κ3) is 4.28. The van der Waals surface area contributed by atoms with Gasteiger partial charge in [0.2, 0.25) is 17.6 Å². The summed E-state index contributed by atoms with van der Waals surface area (Å²) in [6.07, 6.45) is 0.358. The zero-order valence-electron chi connectivity index (χ0n) is 15.8. The highest BCUT2D eigenvalue weighted by Gasteiger charge is 2.34. The highest BCUT2D eigenvalue weighted by Crippen LogP contribution is 2.21. The Bertz CT molecular complexity index is 778. The van der Waals surface area contributed by atoms with Crippen LogP contribution in [0, 0.1) is 0 Å². The third-order valence-corrected chi connectivity index (χ3v) is 4.59. The summed E-state index contributed by atoms with van der Waals surface area (Å²) in [5.41, 5.74) is 0.807. The Labute approximate surface area is 153 Å². The highest BCUT2D eigenvalue weighted by molar-refractivity contribution is 5.86. The maximum absolute atomic E-state index is 12.2. The van der Waals surface area contributed by atoms with Crippen molar-refractivity contribution in [1.29, 1.82) is 0 Å². The number of likely N-dealkylation sites (N-methyl/N-ethyl adjacent to an activating group) is 1. The molecule has 2 rings (SSSR count). The summed E-state index contributed by atoms with van der Waals surface area (Å²) < 4.78 is 5.21. The Morgan fingerprint density at radius 2 is 1.85 bits per heavy atom. The quantitative estimate of drug-likeness (QED) is 0.816. The number of aryl methyl sites for hydroxylation is 1. The van der Waals surface area contributed by atoms with Crippen molar-refractivity contribution >= 4 is 11.9 Å². The Morgan fingerprint density at radius 3 is 2.38 bits per heavy atom. The fourth-order valence-corrected chi connectivity index (χ4v) is 2.33. The first kappa shape index (κ1) is 19.6. The van der Waals surface area contributed by atoms with Gasteiger partial charge in [0.1, 0.15) is 5.54 Å². The first-order valence-electron chi connectivity index (χ1n) is 8.56. The molecule has 26 heavy (non-hydrogen) atoms. The van der Waals surface area contributed by atoms with Gasteiger partial charge < -0.3 is 14.5 Å². The molecule has 7 nitrogen and oxygen atoms in total. The van der Waals surface area contributed by atoms with Crippen LogP contribution in [0.4, 0.5) is 0 Å². The molecular formula is C19H25N3O4. The number of hydrogen-bond donors (Lipinski definition) is 1. The summed E-state index contributed by atoms with van der Waals surface area (Å²) in [6, 6.07) is 7.95. The molecule has 0 spiro atoms. The largest absolute Gasteiger partial charge is 0.480 e. The van der Waals surface area contributed by atoms with E-state index in [-0.39, 0.29) is 18.7 Å². The fourth-order valence-electron chi connectivity index (χ4n) is 2.33. The van der Waals surface area contributed by atoms with E-state index in [1.54, 1.807) is 0 Å². The Balaban J connectivity index is 2.00. The normalized spacial score (nSPS) is 11.6. The Kier molecular flexibility index (Phi) is 5.79. The lowest BCUT2D eigenvalue weighted by atomic mass is 10.0. The first-order valence-corrected chi connectivity index (χ1v) is 8.56. The minimum Gasteiger partial charge on any atom is -0.480 e. The molecule has 0 saturated carbocycles. The van der Waals surface area contributed by atoms with E-state index in [1.165, 1.54) is 31.4 Å². The molecule has 140 valence electrons. The van der Waals surface area contributed by atoms with Crippen molar-refractivity contribution in [3.05, 3.63) is 35.7 Å². The van der Waals surface area contributed by atoms with E-state index in [0.717, 1.165) is 5.56 Å². The summed E-state index contributed by atoms with van der Waals surface area (Å²) in [5.74, 6) is -0.0792. The number of rotatable bonds is 7. The third-order valence-electron chi connectivity index (χ3n) is 4.59. The molecule has 0 saturated heterocycles.